The van der Waals surface area contributed by atoms with Crippen molar-refractivity contribution in [2.75, 3.05) is 7.05 Å². The molecular weight excluding hydrogens is 325 g/mol. The molecule has 3 atom stereocenters. The van der Waals surface area contributed by atoms with Crippen molar-refractivity contribution in [2.24, 2.45) is 16.8 Å². The Bertz CT molecular complexity index is 241. The van der Waals surface area contributed by atoms with Gasteiger partial charge in [0.1, 0.15) is 0 Å². The Labute approximate surface area is 123 Å². The highest BCUT2D eigenvalue weighted by Gasteiger charge is 2.33. The van der Waals surface area contributed by atoms with Gasteiger partial charge in [-0.25, -0.2) is 0 Å². The zero-order valence-corrected chi connectivity index (χ0v) is 14.1. The van der Waals surface area contributed by atoms with Crippen LogP contribution in [0, 0.1) is 11.8 Å². The van der Waals surface area contributed by atoms with Crippen LogP contribution in [0.15, 0.2) is 4.99 Å². The standard InChI is InChI=1S/C13H27N3.HI/c1-9(2)6-7-11(4)15-13(14-5)16-12-8-10(12)3;/h9-12H,6-8H2,1-5H3,(H2,14,15,16);1H. The third-order valence-electron chi connectivity index (χ3n) is 3.22. The van der Waals surface area contributed by atoms with E-state index in [2.05, 4.69) is 43.3 Å². The number of hydrogen-bond donors (Lipinski definition) is 2. The van der Waals surface area contributed by atoms with Crippen LogP contribution >= 0.6 is 24.0 Å². The third-order valence-corrected chi connectivity index (χ3v) is 3.22. The molecule has 3 nitrogen and oxygen atoms in total. The van der Waals surface area contributed by atoms with Gasteiger partial charge in [0, 0.05) is 19.1 Å². The number of guanidine groups is 1. The lowest BCUT2D eigenvalue weighted by atomic mass is 10.0. The van der Waals surface area contributed by atoms with Crippen LogP contribution in [-0.4, -0.2) is 25.1 Å². The molecule has 17 heavy (non-hydrogen) atoms. The fourth-order valence-corrected chi connectivity index (χ4v) is 1.76. The molecule has 1 aliphatic rings. The van der Waals surface area contributed by atoms with Gasteiger partial charge in [-0.15, -0.1) is 24.0 Å². The summed E-state index contributed by atoms with van der Waals surface area (Å²) in [6.07, 6.45) is 3.75. The van der Waals surface area contributed by atoms with Crippen LogP contribution in [0.3, 0.4) is 0 Å². The zero-order valence-electron chi connectivity index (χ0n) is 11.8. The Hall–Kier alpha value is 0. The van der Waals surface area contributed by atoms with Crippen LogP contribution in [0.5, 0.6) is 0 Å². The van der Waals surface area contributed by atoms with E-state index in [1.807, 2.05) is 7.05 Å². The Morgan fingerprint density at radius 1 is 1.29 bits per heavy atom. The zero-order chi connectivity index (χ0) is 12.1. The molecule has 1 aliphatic carbocycles. The highest BCUT2D eigenvalue weighted by molar-refractivity contribution is 14.0. The minimum Gasteiger partial charge on any atom is -0.354 e. The third kappa shape index (κ3) is 7.11. The number of nitrogens with zero attached hydrogens (tertiary/aromatic N) is 1. The van der Waals surface area contributed by atoms with E-state index in [1.165, 1.54) is 19.3 Å². The first-order valence-electron chi connectivity index (χ1n) is 6.52. The summed E-state index contributed by atoms with van der Waals surface area (Å²) in [5.41, 5.74) is 0. The van der Waals surface area contributed by atoms with Gasteiger partial charge in [0.2, 0.25) is 0 Å². The van der Waals surface area contributed by atoms with Crippen LogP contribution in [0.1, 0.15) is 47.0 Å². The minimum absolute atomic E-state index is 0. The van der Waals surface area contributed by atoms with Crippen LogP contribution in [-0.2, 0) is 0 Å². The Balaban J connectivity index is 0.00000256. The van der Waals surface area contributed by atoms with E-state index in [0.29, 0.717) is 12.1 Å². The van der Waals surface area contributed by atoms with Gasteiger partial charge >= 0.3 is 0 Å². The fraction of sp³-hybridized carbons (Fsp3) is 0.923. The van der Waals surface area contributed by atoms with Crippen molar-refractivity contribution in [3.63, 3.8) is 0 Å². The monoisotopic (exact) mass is 353 g/mol. The largest absolute Gasteiger partial charge is 0.354 e. The van der Waals surface area contributed by atoms with Crippen molar-refractivity contribution in [1.29, 1.82) is 0 Å². The van der Waals surface area contributed by atoms with Gasteiger partial charge in [-0.3, -0.25) is 4.99 Å². The van der Waals surface area contributed by atoms with Crippen molar-refractivity contribution >= 4 is 29.9 Å². The first-order chi connectivity index (χ1) is 7.52. The molecule has 0 spiro atoms. The lowest BCUT2D eigenvalue weighted by Gasteiger charge is -2.18. The second-order valence-corrected chi connectivity index (χ2v) is 5.55. The summed E-state index contributed by atoms with van der Waals surface area (Å²) in [5.74, 6) is 2.55. The second kappa shape index (κ2) is 8.16. The van der Waals surface area contributed by atoms with Gasteiger partial charge in [0.05, 0.1) is 0 Å². The predicted molar refractivity (Wildman–Crippen MR) is 86.1 cm³/mol. The average molecular weight is 353 g/mol. The molecule has 1 fully saturated rings. The van der Waals surface area contributed by atoms with Crippen molar-refractivity contribution < 1.29 is 0 Å². The first kappa shape index (κ1) is 17.0. The molecule has 0 amide bonds. The van der Waals surface area contributed by atoms with Gasteiger partial charge < -0.3 is 10.6 Å². The molecule has 0 aromatic carbocycles. The number of nitrogens with one attached hydrogen (secondary N) is 2. The Kier molecular flexibility index (Phi) is 8.16. The SMILES string of the molecule is CN=C(NC(C)CCC(C)C)NC1CC1C.I. The smallest absolute Gasteiger partial charge is 0.191 e. The number of halogens is 1. The summed E-state index contributed by atoms with van der Waals surface area (Å²) in [7, 11) is 1.84. The van der Waals surface area contributed by atoms with E-state index < -0.39 is 0 Å². The average Bonchev–Trinajstić information content (AvgIpc) is 2.90. The van der Waals surface area contributed by atoms with Crippen LogP contribution in [0.25, 0.3) is 0 Å². The van der Waals surface area contributed by atoms with Crippen molar-refractivity contribution in [1.82, 2.24) is 10.6 Å². The lowest BCUT2D eigenvalue weighted by Crippen LogP contribution is -2.43. The van der Waals surface area contributed by atoms with E-state index in [1.54, 1.807) is 0 Å². The quantitative estimate of drug-likeness (QED) is 0.453. The molecule has 4 heteroatoms. The highest BCUT2D eigenvalue weighted by atomic mass is 127. The van der Waals surface area contributed by atoms with E-state index >= 15 is 0 Å². The summed E-state index contributed by atoms with van der Waals surface area (Å²) in [4.78, 5) is 4.26. The van der Waals surface area contributed by atoms with Crippen molar-refractivity contribution in [3.8, 4) is 0 Å². The van der Waals surface area contributed by atoms with E-state index in [9.17, 15) is 0 Å². The lowest BCUT2D eigenvalue weighted by molar-refractivity contribution is 0.488. The van der Waals surface area contributed by atoms with Crippen molar-refractivity contribution in [3.05, 3.63) is 0 Å². The number of rotatable bonds is 5. The summed E-state index contributed by atoms with van der Waals surface area (Å²) >= 11 is 0. The van der Waals surface area contributed by atoms with E-state index in [-0.39, 0.29) is 24.0 Å². The maximum atomic E-state index is 4.26. The van der Waals surface area contributed by atoms with E-state index in [0.717, 1.165) is 17.8 Å². The van der Waals surface area contributed by atoms with Gasteiger partial charge in [0.15, 0.2) is 5.96 Å². The minimum atomic E-state index is 0. The molecule has 2 N–H and O–H groups in total. The topological polar surface area (TPSA) is 36.4 Å². The molecule has 0 heterocycles. The van der Waals surface area contributed by atoms with Gasteiger partial charge in [-0.2, -0.15) is 0 Å². The predicted octanol–water partition coefficient (Wildman–Crippen LogP) is 3.00. The Morgan fingerprint density at radius 3 is 2.29 bits per heavy atom. The number of aliphatic imine (C=N–C) groups is 1. The summed E-state index contributed by atoms with van der Waals surface area (Å²) in [6, 6.07) is 1.14. The molecule has 0 saturated heterocycles. The molecule has 102 valence electrons. The summed E-state index contributed by atoms with van der Waals surface area (Å²) in [6.45, 7) is 9.04. The molecule has 1 rings (SSSR count). The first-order valence-corrected chi connectivity index (χ1v) is 6.52. The summed E-state index contributed by atoms with van der Waals surface area (Å²) in [5, 5.41) is 6.90. The molecule has 0 radical (unpaired) electrons. The van der Waals surface area contributed by atoms with Crippen LogP contribution in [0.2, 0.25) is 0 Å². The highest BCUT2D eigenvalue weighted by Crippen LogP contribution is 2.28. The fourth-order valence-electron chi connectivity index (χ4n) is 1.76. The molecule has 3 unspecified atom stereocenters. The maximum Gasteiger partial charge on any atom is 0.191 e. The van der Waals surface area contributed by atoms with E-state index in [4.69, 9.17) is 0 Å². The van der Waals surface area contributed by atoms with Crippen LogP contribution in [0.4, 0.5) is 0 Å². The molecular formula is C13H28IN3. The van der Waals surface area contributed by atoms with Gasteiger partial charge in [-0.05, 0) is 38.0 Å². The second-order valence-electron chi connectivity index (χ2n) is 5.55. The molecule has 0 bridgehead atoms. The van der Waals surface area contributed by atoms with Gasteiger partial charge in [-0.1, -0.05) is 20.8 Å². The van der Waals surface area contributed by atoms with Crippen molar-refractivity contribution in [2.45, 2.75) is 59.0 Å². The summed E-state index contributed by atoms with van der Waals surface area (Å²) < 4.78 is 0. The van der Waals surface area contributed by atoms with Crippen LogP contribution < -0.4 is 10.6 Å². The molecule has 0 aromatic heterocycles. The Morgan fingerprint density at radius 2 is 1.88 bits per heavy atom. The molecule has 0 aliphatic heterocycles. The molecule has 0 aromatic rings. The maximum absolute atomic E-state index is 4.26. The molecule has 1 saturated carbocycles. The normalized spacial score (nSPS) is 25.2. The van der Waals surface area contributed by atoms with Gasteiger partial charge in [0.25, 0.3) is 0 Å². The number of hydrogen-bond acceptors (Lipinski definition) is 1.